The minimum atomic E-state index is -0.289. The van der Waals surface area contributed by atoms with E-state index in [2.05, 4.69) is 31.9 Å². The highest BCUT2D eigenvalue weighted by atomic mass is 79.9. The van der Waals surface area contributed by atoms with E-state index in [4.69, 9.17) is 4.74 Å². The molecular weight excluding hydrogens is 364 g/mol. The predicted molar refractivity (Wildman–Crippen MR) is 77.2 cm³/mol. The van der Waals surface area contributed by atoms with Crippen molar-refractivity contribution < 1.29 is 14.3 Å². The van der Waals surface area contributed by atoms with Gasteiger partial charge in [0.1, 0.15) is 0 Å². The first kappa shape index (κ1) is 15.4. The van der Waals surface area contributed by atoms with Gasteiger partial charge in [0, 0.05) is 21.8 Å². The second-order valence-electron chi connectivity index (χ2n) is 3.65. The van der Waals surface area contributed by atoms with E-state index in [1.54, 1.807) is 25.1 Å². The number of ether oxygens (including phenoxy) is 1. The maximum atomic E-state index is 11.8. The Hall–Kier alpha value is -0.680. The van der Waals surface area contributed by atoms with Crippen LogP contribution < -0.4 is 0 Å². The van der Waals surface area contributed by atoms with Gasteiger partial charge in [0.05, 0.1) is 13.0 Å². The topological polar surface area (TPSA) is 43.4 Å². The number of hydrogen-bond donors (Lipinski definition) is 0. The molecule has 1 aromatic carbocycles. The Kier molecular flexibility index (Phi) is 6.57. The second-order valence-corrected chi connectivity index (χ2v) is 5.30. The van der Waals surface area contributed by atoms with Crippen LogP contribution in [-0.2, 0) is 16.0 Å². The highest BCUT2D eigenvalue weighted by molar-refractivity contribution is 9.10. The Morgan fingerprint density at radius 2 is 2.06 bits per heavy atom. The summed E-state index contributed by atoms with van der Waals surface area (Å²) in [7, 11) is 0. The zero-order valence-corrected chi connectivity index (χ0v) is 13.2. The minimum Gasteiger partial charge on any atom is -0.466 e. The summed E-state index contributed by atoms with van der Waals surface area (Å²) in [6, 6.07) is 5.28. The van der Waals surface area contributed by atoms with Crippen LogP contribution in [0.3, 0.4) is 0 Å². The summed E-state index contributed by atoms with van der Waals surface area (Å²) in [6.07, 6.45) is 0.615. The monoisotopic (exact) mass is 376 g/mol. The number of carbonyl (C=O) groups excluding carboxylic acids is 2. The van der Waals surface area contributed by atoms with Gasteiger partial charge in [-0.25, -0.2) is 0 Å². The largest absolute Gasteiger partial charge is 0.466 e. The third-order valence-electron chi connectivity index (χ3n) is 2.33. The third kappa shape index (κ3) is 4.53. The molecule has 0 atom stereocenters. The van der Waals surface area contributed by atoms with Crippen LogP contribution in [0.2, 0.25) is 0 Å². The van der Waals surface area contributed by atoms with Crippen molar-refractivity contribution in [1.82, 2.24) is 0 Å². The average molecular weight is 378 g/mol. The van der Waals surface area contributed by atoms with Crippen LogP contribution in [-0.4, -0.2) is 23.7 Å². The number of hydrogen-bond acceptors (Lipinski definition) is 3. The van der Waals surface area contributed by atoms with Gasteiger partial charge in [0.2, 0.25) is 0 Å². The van der Waals surface area contributed by atoms with Crippen molar-refractivity contribution in [3.8, 4) is 0 Å². The lowest BCUT2D eigenvalue weighted by Gasteiger charge is -2.07. The van der Waals surface area contributed by atoms with E-state index in [0.29, 0.717) is 23.9 Å². The van der Waals surface area contributed by atoms with Crippen LogP contribution in [0.15, 0.2) is 22.7 Å². The van der Waals surface area contributed by atoms with Gasteiger partial charge in [-0.1, -0.05) is 37.9 Å². The molecule has 0 amide bonds. The van der Waals surface area contributed by atoms with E-state index in [1.807, 2.05) is 0 Å². The number of Topliss-reactive ketones (excluding diaryl/α,β-unsaturated/α-hetero) is 1. The van der Waals surface area contributed by atoms with E-state index in [0.717, 1.165) is 10.0 Å². The van der Waals surface area contributed by atoms with Gasteiger partial charge < -0.3 is 4.74 Å². The Morgan fingerprint density at radius 1 is 1.33 bits per heavy atom. The number of esters is 1. The molecule has 18 heavy (non-hydrogen) atoms. The molecule has 1 aromatic rings. The molecule has 1 rings (SSSR count). The van der Waals surface area contributed by atoms with Gasteiger partial charge in [-0.2, -0.15) is 0 Å². The Morgan fingerprint density at radius 3 is 2.67 bits per heavy atom. The number of ketones is 1. The first-order valence-electron chi connectivity index (χ1n) is 5.61. The molecule has 0 aliphatic heterocycles. The summed E-state index contributed by atoms with van der Waals surface area (Å²) in [5.74, 6) is -0.229. The molecule has 0 bridgehead atoms. The fourth-order valence-electron chi connectivity index (χ4n) is 1.48. The summed E-state index contributed by atoms with van der Waals surface area (Å²) in [4.78, 5) is 23.2. The maximum absolute atomic E-state index is 11.8. The van der Waals surface area contributed by atoms with Gasteiger partial charge in [-0.3, -0.25) is 9.59 Å². The number of benzene rings is 1. The molecule has 5 heteroatoms. The highest BCUT2D eigenvalue weighted by Gasteiger charge is 2.11. The number of rotatable bonds is 6. The first-order chi connectivity index (χ1) is 8.58. The standard InChI is InChI=1S/C13H14Br2O3/c1-2-18-13(17)8-10-7-9(3-4-11(10)15)12(16)5-6-14/h3-4,7H,2,5-6,8H2,1H3. The van der Waals surface area contributed by atoms with Crippen LogP contribution in [0, 0.1) is 0 Å². The molecule has 0 aliphatic carbocycles. The van der Waals surface area contributed by atoms with Crippen LogP contribution in [0.4, 0.5) is 0 Å². The molecule has 0 aliphatic rings. The lowest BCUT2D eigenvalue weighted by atomic mass is 10.0. The van der Waals surface area contributed by atoms with Gasteiger partial charge in [-0.15, -0.1) is 0 Å². The molecule has 0 saturated heterocycles. The Labute approximate surface area is 123 Å². The fourth-order valence-corrected chi connectivity index (χ4v) is 2.23. The molecule has 0 spiro atoms. The average Bonchev–Trinajstić information content (AvgIpc) is 2.32. The van der Waals surface area contributed by atoms with Gasteiger partial charge in [0.15, 0.2) is 5.78 Å². The van der Waals surface area contributed by atoms with Crippen molar-refractivity contribution in [3.63, 3.8) is 0 Å². The number of carbonyl (C=O) groups is 2. The van der Waals surface area contributed by atoms with Crippen molar-refractivity contribution >= 4 is 43.6 Å². The fraction of sp³-hybridized carbons (Fsp3) is 0.385. The summed E-state index contributed by atoms with van der Waals surface area (Å²) in [6.45, 7) is 2.13. The molecule has 0 aromatic heterocycles. The van der Waals surface area contributed by atoms with E-state index >= 15 is 0 Å². The molecule has 0 fully saturated rings. The van der Waals surface area contributed by atoms with E-state index in [-0.39, 0.29) is 18.2 Å². The van der Waals surface area contributed by atoms with Crippen LogP contribution >= 0.6 is 31.9 Å². The molecule has 3 nitrogen and oxygen atoms in total. The predicted octanol–water partition coefficient (Wildman–Crippen LogP) is 3.52. The number of alkyl halides is 1. The summed E-state index contributed by atoms with van der Waals surface area (Å²) in [5, 5.41) is 0.634. The summed E-state index contributed by atoms with van der Waals surface area (Å²) >= 11 is 6.61. The SMILES string of the molecule is CCOC(=O)Cc1cc(C(=O)CCBr)ccc1Br. The van der Waals surface area contributed by atoms with E-state index < -0.39 is 0 Å². The second kappa shape index (κ2) is 7.69. The third-order valence-corrected chi connectivity index (χ3v) is 3.50. The maximum Gasteiger partial charge on any atom is 0.310 e. The van der Waals surface area contributed by atoms with Crippen molar-refractivity contribution in [1.29, 1.82) is 0 Å². The van der Waals surface area contributed by atoms with Gasteiger partial charge in [0.25, 0.3) is 0 Å². The minimum absolute atomic E-state index is 0.0597. The Balaban J connectivity index is 2.87. The zero-order chi connectivity index (χ0) is 13.5. The molecule has 0 radical (unpaired) electrons. The van der Waals surface area contributed by atoms with Crippen molar-refractivity contribution in [2.45, 2.75) is 19.8 Å². The van der Waals surface area contributed by atoms with E-state index in [1.165, 1.54) is 0 Å². The normalized spacial score (nSPS) is 10.2. The van der Waals surface area contributed by atoms with Crippen LogP contribution in [0.25, 0.3) is 0 Å². The number of halogens is 2. The van der Waals surface area contributed by atoms with Gasteiger partial charge >= 0.3 is 5.97 Å². The van der Waals surface area contributed by atoms with Crippen LogP contribution in [0.5, 0.6) is 0 Å². The first-order valence-corrected chi connectivity index (χ1v) is 7.53. The smallest absolute Gasteiger partial charge is 0.310 e. The summed E-state index contributed by atoms with van der Waals surface area (Å²) < 4.78 is 5.71. The lowest BCUT2D eigenvalue weighted by molar-refractivity contribution is -0.142. The lowest BCUT2D eigenvalue weighted by Crippen LogP contribution is -2.09. The molecule has 98 valence electrons. The van der Waals surface area contributed by atoms with Crippen molar-refractivity contribution in [3.05, 3.63) is 33.8 Å². The molecule has 0 N–H and O–H groups in total. The van der Waals surface area contributed by atoms with Crippen molar-refractivity contribution in [2.75, 3.05) is 11.9 Å². The van der Waals surface area contributed by atoms with E-state index in [9.17, 15) is 9.59 Å². The van der Waals surface area contributed by atoms with Gasteiger partial charge in [-0.05, 0) is 24.6 Å². The van der Waals surface area contributed by atoms with Crippen molar-refractivity contribution in [2.24, 2.45) is 0 Å². The molecule has 0 unspecified atom stereocenters. The van der Waals surface area contributed by atoms with Crippen LogP contribution in [0.1, 0.15) is 29.3 Å². The molecular formula is C13H14Br2O3. The Bertz CT molecular complexity index is 444. The summed E-state index contributed by atoms with van der Waals surface area (Å²) in [5.41, 5.74) is 1.39. The zero-order valence-electron chi connectivity index (χ0n) is 10.0. The highest BCUT2D eigenvalue weighted by Crippen LogP contribution is 2.20. The quantitative estimate of drug-likeness (QED) is 0.432. The molecule has 0 heterocycles. The molecule has 0 saturated carbocycles.